The minimum atomic E-state index is -0.576. The smallest absolute Gasteiger partial charge is 0.205 e. The van der Waals surface area contributed by atoms with Crippen molar-refractivity contribution in [2.45, 2.75) is 32.6 Å². The molecule has 1 unspecified atom stereocenters. The third-order valence-corrected chi connectivity index (χ3v) is 4.66. The van der Waals surface area contributed by atoms with Gasteiger partial charge in [-0.05, 0) is 11.5 Å². The zero-order chi connectivity index (χ0) is 18.9. The van der Waals surface area contributed by atoms with Crippen LogP contribution < -0.4 is 10.5 Å². The molecule has 1 aliphatic carbocycles. The number of nitriles is 1. The zero-order valence-corrected chi connectivity index (χ0v) is 15.0. The van der Waals surface area contributed by atoms with E-state index in [4.69, 9.17) is 15.2 Å². The molecule has 26 heavy (non-hydrogen) atoms. The summed E-state index contributed by atoms with van der Waals surface area (Å²) in [6, 6.07) is 9.51. The molecule has 5 nitrogen and oxygen atoms in total. The Balaban J connectivity index is 2.18. The highest BCUT2D eigenvalue weighted by Gasteiger charge is 2.43. The predicted molar refractivity (Wildman–Crippen MR) is 97.8 cm³/mol. The van der Waals surface area contributed by atoms with Crippen molar-refractivity contribution in [3.8, 4) is 11.8 Å². The number of benzene rings is 1. The summed E-state index contributed by atoms with van der Waals surface area (Å²) in [6.45, 7) is 8.04. The highest BCUT2D eigenvalue weighted by Crippen LogP contribution is 2.49. The normalized spacial score (nSPS) is 21.6. The topological polar surface area (TPSA) is 85.3 Å². The van der Waals surface area contributed by atoms with E-state index in [-0.39, 0.29) is 22.7 Å². The van der Waals surface area contributed by atoms with Crippen molar-refractivity contribution < 1.29 is 14.3 Å². The molecule has 0 fully saturated rings. The first-order valence-electron chi connectivity index (χ1n) is 8.54. The van der Waals surface area contributed by atoms with Crippen molar-refractivity contribution in [3.05, 3.63) is 65.3 Å². The second-order valence-electron chi connectivity index (χ2n) is 7.34. The van der Waals surface area contributed by atoms with E-state index in [1.165, 1.54) is 0 Å². The van der Waals surface area contributed by atoms with E-state index < -0.39 is 5.92 Å². The first-order valence-corrected chi connectivity index (χ1v) is 8.54. The van der Waals surface area contributed by atoms with E-state index in [9.17, 15) is 10.1 Å². The number of nitrogens with zero attached hydrogens (tertiary/aromatic N) is 1. The summed E-state index contributed by atoms with van der Waals surface area (Å²) in [4.78, 5) is 13.0. The molecule has 2 N–H and O–H groups in total. The molecule has 0 saturated carbocycles. The first kappa shape index (κ1) is 17.8. The van der Waals surface area contributed by atoms with Crippen LogP contribution in [0.3, 0.4) is 0 Å². The number of nitrogens with two attached hydrogens (primary N) is 1. The van der Waals surface area contributed by atoms with Crippen LogP contribution in [0.25, 0.3) is 0 Å². The van der Waals surface area contributed by atoms with E-state index in [0.29, 0.717) is 36.5 Å². The number of para-hydroxylation sites is 1. The van der Waals surface area contributed by atoms with E-state index in [0.717, 1.165) is 5.56 Å². The van der Waals surface area contributed by atoms with Gasteiger partial charge >= 0.3 is 0 Å². The minimum absolute atomic E-state index is 0.0139. The molecule has 3 rings (SSSR count). The molecule has 1 aliphatic heterocycles. The number of rotatable bonds is 4. The summed E-state index contributed by atoms with van der Waals surface area (Å²) in [6.07, 6.45) is 2.65. The van der Waals surface area contributed by atoms with Crippen LogP contribution in [0.5, 0.6) is 5.75 Å². The number of hydrogen-bond acceptors (Lipinski definition) is 5. The third-order valence-electron chi connectivity index (χ3n) is 4.66. The number of carbonyl (C=O) groups is 1. The SMILES string of the molecule is C=CCOc1ccccc1C1C(C#N)=C(N)OC2=C1C(=O)CC(C)(C)C2. The van der Waals surface area contributed by atoms with Crippen LogP contribution in [0.15, 0.2) is 59.7 Å². The van der Waals surface area contributed by atoms with Gasteiger partial charge in [-0.1, -0.05) is 44.7 Å². The molecular formula is C21H22N2O3. The third kappa shape index (κ3) is 3.11. The minimum Gasteiger partial charge on any atom is -0.489 e. The van der Waals surface area contributed by atoms with Gasteiger partial charge in [0.2, 0.25) is 5.88 Å². The molecule has 1 heterocycles. The molecule has 2 aliphatic rings. The molecule has 134 valence electrons. The van der Waals surface area contributed by atoms with Gasteiger partial charge in [0.05, 0.1) is 5.92 Å². The molecule has 0 aromatic heterocycles. The highest BCUT2D eigenvalue weighted by atomic mass is 16.5. The highest BCUT2D eigenvalue weighted by molar-refractivity contribution is 6.00. The van der Waals surface area contributed by atoms with Crippen molar-refractivity contribution in [1.82, 2.24) is 0 Å². The van der Waals surface area contributed by atoms with E-state index in [1.54, 1.807) is 6.08 Å². The van der Waals surface area contributed by atoms with Crippen molar-refractivity contribution in [2.24, 2.45) is 11.1 Å². The number of ketones is 1. The summed E-state index contributed by atoms with van der Waals surface area (Å²) in [5.41, 5.74) is 7.33. The van der Waals surface area contributed by atoms with Crippen LogP contribution in [-0.4, -0.2) is 12.4 Å². The van der Waals surface area contributed by atoms with Crippen LogP contribution in [0.1, 0.15) is 38.2 Å². The summed E-state index contributed by atoms with van der Waals surface area (Å²) in [5, 5.41) is 9.68. The summed E-state index contributed by atoms with van der Waals surface area (Å²) in [7, 11) is 0. The molecule has 1 aromatic rings. The summed E-state index contributed by atoms with van der Waals surface area (Å²) in [5.74, 6) is 0.629. The van der Waals surface area contributed by atoms with E-state index in [1.807, 2.05) is 38.1 Å². The standard InChI is InChI=1S/C21H22N2O3/c1-4-9-25-16-8-6-5-7-13(16)18-14(12-22)20(23)26-17-11-21(2,3)10-15(24)19(17)18/h4-8,18H,1,9-11,23H2,2-3H3. The molecule has 0 radical (unpaired) electrons. The van der Waals surface area contributed by atoms with E-state index >= 15 is 0 Å². The molecule has 0 saturated heterocycles. The monoisotopic (exact) mass is 350 g/mol. The summed E-state index contributed by atoms with van der Waals surface area (Å²) >= 11 is 0. The van der Waals surface area contributed by atoms with Crippen molar-refractivity contribution >= 4 is 5.78 Å². The van der Waals surface area contributed by atoms with Gasteiger partial charge < -0.3 is 15.2 Å². The Morgan fingerprint density at radius 3 is 2.85 bits per heavy atom. The van der Waals surface area contributed by atoms with Gasteiger partial charge in [0, 0.05) is 24.0 Å². The van der Waals surface area contributed by atoms with Crippen molar-refractivity contribution in [2.75, 3.05) is 6.61 Å². The van der Waals surface area contributed by atoms with Crippen LogP contribution in [0, 0.1) is 16.7 Å². The fraction of sp³-hybridized carbons (Fsp3) is 0.333. The van der Waals surface area contributed by atoms with Gasteiger partial charge in [-0.25, -0.2) is 0 Å². The lowest BCUT2D eigenvalue weighted by molar-refractivity contribution is -0.119. The molecule has 1 atom stereocenters. The average Bonchev–Trinajstić information content (AvgIpc) is 2.58. The Morgan fingerprint density at radius 2 is 2.15 bits per heavy atom. The van der Waals surface area contributed by atoms with Crippen molar-refractivity contribution in [1.29, 1.82) is 5.26 Å². The Hall–Kier alpha value is -3.00. The Morgan fingerprint density at radius 1 is 1.42 bits per heavy atom. The maximum atomic E-state index is 13.0. The van der Waals surface area contributed by atoms with Crippen LogP contribution >= 0.6 is 0 Å². The maximum absolute atomic E-state index is 13.0. The van der Waals surface area contributed by atoms with Gasteiger partial charge in [0.25, 0.3) is 0 Å². The lowest BCUT2D eigenvalue weighted by atomic mass is 9.70. The number of Topliss-reactive ketones (excluding diaryl/α,β-unsaturated/α-hetero) is 1. The van der Waals surface area contributed by atoms with Gasteiger partial charge in [0.1, 0.15) is 29.8 Å². The van der Waals surface area contributed by atoms with Gasteiger partial charge in [0.15, 0.2) is 5.78 Å². The lowest BCUT2D eigenvalue weighted by Gasteiger charge is -2.37. The molecule has 0 spiro atoms. The Labute approximate surface area is 153 Å². The van der Waals surface area contributed by atoms with E-state index in [2.05, 4.69) is 12.6 Å². The molecule has 0 bridgehead atoms. The number of ether oxygens (including phenoxy) is 2. The van der Waals surface area contributed by atoms with Gasteiger partial charge in [-0.15, -0.1) is 0 Å². The quantitative estimate of drug-likeness (QED) is 0.837. The van der Waals surface area contributed by atoms with Gasteiger partial charge in [-0.3, -0.25) is 4.79 Å². The number of carbonyl (C=O) groups excluding carboxylic acids is 1. The molecular weight excluding hydrogens is 328 g/mol. The molecule has 0 amide bonds. The fourth-order valence-corrected chi connectivity index (χ4v) is 3.59. The zero-order valence-electron chi connectivity index (χ0n) is 15.0. The second kappa shape index (κ2) is 6.72. The first-order chi connectivity index (χ1) is 12.4. The maximum Gasteiger partial charge on any atom is 0.205 e. The number of allylic oxidation sites excluding steroid dienone is 3. The largest absolute Gasteiger partial charge is 0.489 e. The summed E-state index contributed by atoms with van der Waals surface area (Å²) < 4.78 is 11.5. The predicted octanol–water partition coefficient (Wildman–Crippen LogP) is 3.70. The lowest BCUT2D eigenvalue weighted by Crippen LogP contribution is -2.33. The van der Waals surface area contributed by atoms with Crippen molar-refractivity contribution in [3.63, 3.8) is 0 Å². The van der Waals surface area contributed by atoms with Gasteiger partial charge in [-0.2, -0.15) is 5.26 Å². The molecule has 1 aromatic carbocycles. The fourth-order valence-electron chi connectivity index (χ4n) is 3.59. The van der Waals surface area contributed by atoms with Crippen LogP contribution in [-0.2, 0) is 9.53 Å². The Bertz CT molecular complexity index is 871. The second-order valence-corrected chi connectivity index (χ2v) is 7.34. The van der Waals surface area contributed by atoms with Crippen LogP contribution in [0.4, 0.5) is 0 Å². The van der Waals surface area contributed by atoms with Crippen LogP contribution in [0.2, 0.25) is 0 Å². The average molecular weight is 350 g/mol. The Kier molecular flexibility index (Phi) is 4.60. The molecule has 5 heteroatoms. The number of hydrogen-bond donors (Lipinski definition) is 1.